The van der Waals surface area contributed by atoms with Crippen molar-refractivity contribution in [3.8, 4) is 5.75 Å². The maximum absolute atomic E-state index is 13.1. The molecule has 0 bridgehead atoms. The van der Waals surface area contributed by atoms with Crippen LogP contribution in [0.2, 0.25) is 0 Å². The van der Waals surface area contributed by atoms with Gasteiger partial charge in [-0.1, -0.05) is 0 Å². The van der Waals surface area contributed by atoms with Crippen molar-refractivity contribution in [1.82, 2.24) is 15.0 Å². The molecule has 1 aliphatic carbocycles. The van der Waals surface area contributed by atoms with Crippen molar-refractivity contribution < 1.29 is 13.9 Å². The van der Waals surface area contributed by atoms with Gasteiger partial charge in [0.1, 0.15) is 5.75 Å². The standard InChI is InChI=1S/C18H21FN4O2/c19-15-9-21-17(22-10-15)23-7-8-25-18(13-23)5-1-3-14(18)12-24-16-4-2-6-20-11-16/h2,4,6,9-11,14H,1,3,5,7-8,12-13H2/t14-,18+/m0/s1. The van der Waals surface area contributed by atoms with E-state index in [4.69, 9.17) is 9.47 Å². The van der Waals surface area contributed by atoms with Gasteiger partial charge >= 0.3 is 0 Å². The minimum absolute atomic E-state index is 0.252. The van der Waals surface area contributed by atoms with E-state index in [1.54, 1.807) is 12.4 Å². The summed E-state index contributed by atoms with van der Waals surface area (Å²) >= 11 is 0. The highest BCUT2D eigenvalue weighted by Crippen LogP contribution is 2.41. The predicted octanol–water partition coefficient (Wildman–Crippen LogP) is 2.47. The first-order valence-corrected chi connectivity index (χ1v) is 8.64. The molecule has 2 fully saturated rings. The highest BCUT2D eigenvalue weighted by atomic mass is 19.1. The Balaban J connectivity index is 1.46. The van der Waals surface area contributed by atoms with Crippen LogP contribution in [-0.2, 0) is 4.74 Å². The Hall–Kier alpha value is -2.28. The summed E-state index contributed by atoms with van der Waals surface area (Å²) in [5.41, 5.74) is -0.252. The van der Waals surface area contributed by atoms with E-state index in [1.807, 2.05) is 12.1 Å². The van der Waals surface area contributed by atoms with E-state index in [0.29, 0.717) is 38.2 Å². The van der Waals surface area contributed by atoms with Crippen molar-refractivity contribution in [2.75, 3.05) is 31.2 Å². The number of halogens is 1. The minimum atomic E-state index is -0.421. The number of nitrogens with zero attached hydrogens (tertiary/aromatic N) is 4. The van der Waals surface area contributed by atoms with Crippen molar-refractivity contribution in [3.05, 3.63) is 42.7 Å². The zero-order chi connectivity index (χ0) is 17.1. The molecule has 1 saturated carbocycles. The molecule has 2 atom stereocenters. The van der Waals surface area contributed by atoms with Gasteiger partial charge in [-0.25, -0.2) is 14.4 Å². The fraction of sp³-hybridized carbons (Fsp3) is 0.500. The van der Waals surface area contributed by atoms with E-state index in [9.17, 15) is 4.39 Å². The fourth-order valence-corrected chi connectivity index (χ4v) is 3.82. The topological polar surface area (TPSA) is 60.4 Å². The van der Waals surface area contributed by atoms with Crippen LogP contribution >= 0.6 is 0 Å². The van der Waals surface area contributed by atoms with Crippen LogP contribution in [0, 0.1) is 11.7 Å². The van der Waals surface area contributed by atoms with Gasteiger partial charge in [-0.2, -0.15) is 0 Å². The van der Waals surface area contributed by atoms with Crippen molar-refractivity contribution in [1.29, 1.82) is 0 Å². The first-order chi connectivity index (χ1) is 12.3. The van der Waals surface area contributed by atoms with Gasteiger partial charge in [0.25, 0.3) is 0 Å². The first kappa shape index (κ1) is 16.2. The summed E-state index contributed by atoms with van der Waals surface area (Å²) < 4.78 is 25.3. The molecule has 2 aromatic heterocycles. The molecule has 25 heavy (non-hydrogen) atoms. The van der Waals surface area contributed by atoms with Gasteiger partial charge in [0.15, 0.2) is 5.82 Å². The zero-order valence-corrected chi connectivity index (χ0v) is 14.0. The maximum Gasteiger partial charge on any atom is 0.225 e. The van der Waals surface area contributed by atoms with Crippen molar-refractivity contribution in [2.24, 2.45) is 5.92 Å². The molecule has 1 spiro atoms. The monoisotopic (exact) mass is 344 g/mol. The molecular weight excluding hydrogens is 323 g/mol. The van der Waals surface area contributed by atoms with Crippen LogP contribution in [-0.4, -0.2) is 46.9 Å². The minimum Gasteiger partial charge on any atom is -0.492 e. The molecule has 3 heterocycles. The van der Waals surface area contributed by atoms with Gasteiger partial charge in [-0.05, 0) is 31.4 Å². The molecule has 7 heteroatoms. The summed E-state index contributed by atoms with van der Waals surface area (Å²) in [6.45, 7) is 2.64. The molecule has 0 unspecified atom stereocenters. The normalized spacial score (nSPS) is 26.1. The lowest BCUT2D eigenvalue weighted by atomic mass is 9.89. The Morgan fingerprint density at radius 1 is 1.32 bits per heavy atom. The van der Waals surface area contributed by atoms with Crippen molar-refractivity contribution in [3.63, 3.8) is 0 Å². The maximum atomic E-state index is 13.1. The van der Waals surface area contributed by atoms with E-state index in [0.717, 1.165) is 25.0 Å². The molecule has 0 N–H and O–H groups in total. The second kappa shape index (κ2) is 6.92. The Bertz CT molecular complexity index is 700. The van der Waals surface area contributed by atoms with Crippen LogP contribution in [0.1, 0.15) is 19.3 Å². The fourth-order valence-electron chi connectivity index (χ4n) is 3.82. The highest BCUT2D eigenvalue weighted by Gasteiger charge is 2.47. The Morgan fingerprint density at radius 2 is 2.20 bits per heavy atom. The molecule has 0 aromatic carbocycles. The smallest absolute Gasteiger partial charge is 0.225 e. The van der Waals surface area contributed by atoms with E-state index in [-0.39, 0.29) is 5.60 Å². The van der Waals surface area contributed by atoms with Gasteiger partial charge in [-0.3, -0.25) is 4.98 Å². The molecule has 1 aliphatic heterocycles. The van der Waals surface area contributed by atoms with E-state index >= 15 is 0 Å². The third-order valence-electron chi connectivity index (χ3n) is 5.08. The third-order valence-corrected chi connectivity index (χ3v) is 5.08. The molecule has 0 radical (unpaired) electrons. The Morgan fingerprint density at radius 3 is 3.00 bits per heavy atom. The van der Waals surface area contributed by atoms with Crippen molar-refractivity contribution >= 4 is 5.95 Å². The quantitative estimate of drug-likeness (QED) is 0.849. The van der Waals surface area contributed by atoms with E-state index in [1.165, 1.54) is 12.4 Å². The summed E-state index contributed by atoms with van der Waals surface area (Å²) in [5, 5.41) is 0. The van der Waals surface area contributed by atoms with Crippen LogP contribution in [0.3, 0.4) is 0 Å². The average molecular weight is 344 g/mol. The Labute approximate surface area is 146 Å². The van der Waals surface area contributed by atoms with Gasteiger partial charge in [0.05, 0.1) is 44.0 Å². The molecular formula is C18H21FN4O2. The van der Waals surface area contributed by atoms with Gasteiger partial charge in [0, 0.05) is 18.7 Å². The number of rotatable bonds is 4. The second-order valence-corrected chi connectivity index (χ2v) is 6.62. The van der Waals surface area contributed by atoms with Crippen LogP contribution in [0.5, 0.6) is 5.75 Å². The summed E-state index contributed by atoms with van der Waals surface area (Å²) in [4.78, 5) is 14.4. The number of ether oxygens (including phenoxy) is 2. The number of hydrogen-bond acceptors (Lipinski definition) is 6. The lowest BCUT2D eigenvalue weighted by molar-refractivity contribution is -0.0897. The molecule has 132 valence electrons. The SMILES string of the molecule is Fc1cnc(N2CCO[C@]3(CCC[C@H]3COc3cccnc3)C2)nc1. The van der Waals surface area contributed by atoms with Crippen LogP contribution in [0.25, 0.3) is 0 Å². The number of morpholine rings is 1. The first-order valence-electron chi connectivity index (χ1n) is 8.64. The highest BCUT2D eigenvalue weighted by molar-refractivity contribution is 5.31. The number of aromatic nitrogens is 3. The molecule has 2 aliphatic rings. The molecule has 4 rings (SSSR count). The van der Waals surface area contributed by atoms with Crippen molar-refractivity contribution in [2.45, 2.75) is 24.9 Å². The lowest BCUT2D eigenvalue weighted by Gasteiger charge is -2.44. The summed E-state index contributed by atoms with van der Waals surface area (Å²) in [6.07, 6.45) is 9.05. The predicted molar refractivity (Wildman–Crippen MR) is 90.0 cm³/mol. The molecule has 2 aromatic rings. The second-order valence-electron chi connectivity index (χ2n) is 6.62. The largest absolute Gasteiger partial charge is 0.492 e. The lowest BCUT2D eigenvalue weighted by Crippen LogP contribution is -2.55. The summed E-state index contributed by atoms with van der Waals surface area (Å²) in [5.74, 6) is 1.22. The van der Waals surface area contributed by atoms with Crippen LogP contribution < -0.4 is 9.64 Å². The van der Waals surface area contributed by atoms with Gasteiger partial charge in [-0.15, -0.1) is 0 Å². The van der Waals surface area contributed by atoms with Crippen LogP contribution in [0.4, 0.5) is 10.3 Å². The molecule has 1 saturated heterocycles. The molecule has 0 amide bonds. The number of pyridine rings is 1. The zero-order valence-electron chi connectivity index (χ0n) is 14.0. The number of anilines is 1. The average Bonchev–Trinajstić information content (AvgIpc) is 3.03. The summed E-state index contributed by atoms with van der Waals surface area (Å²) in [7, 11) is 0. The number of hydrogen-bond donors (Lipinski definition) is 0. The Kier molecular flexibility index (Phi) is 4.48. The van der Waals surface area contributed by atoms with E-state index < -0.39 is 5.82 Å². The van der Waals surface area contributed by atoms with E-state index in [2.05, 4.69) is 19.9 Å². The molecule has 6 nitrogen and oxygen atoms in total. The summed E-state index contributed by atoms with van der Waals surface area (Å²) in [6, 6.07) is 3.78. The van der Waals surface area contributed by atoms with Crippen LogP contribution in [0.15, 0.2) is 36.9 Å². The third kappa shape index (κ3) is 3.42. The van der Waals surface area contributed by atoms with Gasteiger partial charge < -0.3 is 14.4 Å². The van der Waals surface area contributed by atoms with Gasteiger partial charge in [0.2, 0.25) is 5.95 Å².